The summed E-state index contributed by atoms with van der Waals surface area (Å²) in [5, 5.41) is 0. The average Bonchev–Trinajstić information content (AvgIpc) is 2.72. The summed E-state index contributed by atoms with van der Waals surface area (Å²) in [4.78, 5) is 0. The van der Waals surface area contributed by atoms with Crippen molar-refractivity contribution in [3.8, 4) is 0 Å². The lowest BCUT2D eigenvalue weighted by molar-refractivity contribution is -0.938. The van der Waals surface area contributed by atoms with Gasteiger partial charge in [-0.25, -0.2) is 13.1 Å². The summed E-state index contributed by atoms with van der Waals surface area (Å²) in [5.74, 6) is 0.267. The van der Waals surface area contributed by atoms with Crippen LogP contribution >= 0.6 is 0 Å². The molecule has 0 aliphatic heterocycles. The standard InChI is InChI=1S/C25H47N2O2S/c1-5-8-9-10-11-12-16-22-30(28,29)26-24(4)18-17-21-27(6-2,7-3)23-25-19-14-13-15-20-25/h13-15,19-20,24,26H,5-12,16-18,21-23H2,1-4H3/q+1. The molecule has 0 bridgehead atoms. The van der Waals surface area contributed by atoms with Gasteiger partial charge >= 0.3 is 0 Å². The van der Waals surface area contributed by atoms with Crippen LogP contribution in [-0.2, 0) is 16.6 Å². The van der Waals surface area contributed by atoms with Crippen LogP contribution in [0.25, 0.3) is 0 Å². The van der Waals surface area contributed by atoms with Crippen LogP contribution in [0, 0.1) is 0 Å². The summed E-state index contributed by atoms with van der Waals surface area (Å²) in [6.45, 7) is 13.1. The van der Waals surface area contributed by atoms with Gasteiger partial charge in [-0.3, -0.25) is 0 Å². The molecule has 1 N–H and O–H groups in total. The topological polar surface area (TPSA) is 46.2 Å². The molecule has 0 aliphatic carbocycles. The Bertz CT molecular complexity index is 642. The minimum atomic E-state index is -3.16. The minimum Gasteiger partial charge on any atom is -0.320 e. The van der Waals surface area contributed by atoms with E-state index < -0.39 is 10.0 Å². The molecular weight excluding hydrogens is 392 g/mol. The molecular formula is C25H47N2O2S+. The van der Waals surface area contributed by atoms with Gasteiger partial charge in [-0.15, -0.1) is 0 Å². The molecule has 0 aromatic heterocycles. The Hall–Kier alpha value is -0.910. The van der Waals surface area contributed by atoms with Crippen LogP contribution in [0.1, 0.15) is 91.0 Å². The first-order valence-corrected chi connectivity index (χ1v) is 13.9. The van der Waals surface area contributed by atoms with Crippen molar-refractivity contribution in [1.29, 1.82) is 0 Å². The molecule has 0 fully saturated rings. The van der Waals surface area contributed by atoms with Crippen molar-refractivity contribution in [3.05, 3.63) is 35.9 Å². The first-order valence-electron chi connectivity index (χ1n) is 12.3. The third-order valence-electron chi connectivity index (χ3n) is 6.37. The summed E-state index contributed by atoms with van der Waals surface area (Å²) in [6, 6.07) is 10.7. The summed E-state index contributed by atoms with van der Waals surface area (Å²) >= 11 is 0. The molecule has 1 aromatic carbocycles. The van der Waals surface area contributed by atoms with Crippen LogP contribution in [0.3, 0.4) is 0 Å². The lowest BCUT2D eigenvalue weighted by atomic mass is 10.1. The number of quaternary nitrogens is 1. The second-order valence-corrected chi connectivity index (χ2v) is 10.8. The molecule has 0 radical (unpaired) electrons. The van der Waals surface area contributed by atoms with Gasteiger partial charge in [0.05, 0.1) is 25.4 Å². The van der Waals surface area contributed by atoms with Gasteiger partial charge in [-0.1, -0.05) is 75.8 Å². The van der Waals surface area contributed by atoms with E-state index in [1.807, 2.05) is 6.92 Å². The maximum atomic E-state index is 12.4. The zero-order valence-corrected chi connectivity index (χ0v) is 20.9. The molecule has 1 unspecified atom stereocenters. The van der Waals surface area contributed by atoms with Gasteiger partial charge in [0.2, 0.25) is 10.0 Å². The lowest BCUT2D eigenvalue weighted by Crippen LogP contribution is -2.48. The normalized spacial score (nSPS) is 13.5. The first-order chi connectivity index (χ1) is 14.4. The number of hydrogen-bond donors (Lipinski definition) is 1. The van der Waals surface area contributed by atoms with Crippen molar-refractivity contribution in [2.24, 2.45) is 0 Å². The zero-order chi connectivity index (χ0) is 22.3. The van der Waals surface area contributed by atoms with Crippen LogP contribution in [0.2, 0.25) is 0 Å². The molecule has 0 saturated carbocycles. The first kappa shape index (κ1) is 27.1. The van der Waals surface area contributed by atoms with E-state index in [1.54, 1.807) is 0 Å². The Labute approximate surface area is 187 Å². The number of sulfonamides is 1. The largest absolute Gasteiger partial charge is 0.320 e. The molecule has 0 amide bonds. The predicted octanol–water partition coefficient (Wildman–Crippen LogP) is 5.88. The van der Waals surface area contributed by atoms with Gasteiger partial charge in [0.15, 0.2) is 0 Å². The Morgan fingerprint density at radius 1 is 0.867 bits per heavy atom. The van der Waals surface area contributed by atoms with Gasteiger partial charge in [0.25, 0.3) is 0 Å². The highest BCUT2D eigenvalue weighted by atomic mass is 32.2. The smallest absolute Gasteiger partial charge is 0.211 e. The summed E-state index contributed by atoms with van der Waals surface area (Å²) in [7, 11) is -3.16. The highest BCUT2D eigenvalue weighted by Crippen LogP contribution is 2.17. The Morgan fingerprint density at radius 3 is 2.07 bits per heavy atom. The number of unbranched alkanes of at least 4 members (excludes halogenated alkanes) is 6. The predicted molar refractivity (Wildman–Crippen MR) is 130 cm³/mol. The fourth-order valence-corrected chi connectivity index (χ4v) is 5.65. The Kier molecular flexibility index (Phi) is 13.5. The number of nitrogens with one attached hydrogen (secondary N) is 1. The molecule has 5 heteroatoms. The lowest BCUT2D eigenvalue weighted by Gasteiger charge is -2.37. The van der Waals surface area contributed by atoms with E-state index in [0.717, 1.165) is 62.8 Å². The van der Waals surface area contributed by atoms with Gasteiger partial charge in [0.1, 0.15) is 6.54 Å². The quantitative estimate of drug-likeness (QED) is 0.229. The van der Waals surface area contributed by atoms with Crippen molar-refractivity contribution in [1.82, 2.24) is 4.72 Å². The number of nitrogens with zero attached hydrogens (tertiary/aromatic N) is 1. The Balaban J connectivity index is 2.34. The van der Waals surface area contributed by atoms with Crippen LogP contribution < -0.4 is 4.72 Å². The minimum absolute atomic E-state index is 0.00638. The van der Waals surface area contributed by atoms with Crippen LogP contribution in [0.5, 0.6) is 0 Å². The van der Waals surface area contributed by atoms with E-state index in [2.05, 4.69) is 55.8 Å². The van der Waals surface area contributed by atoms with Crippen LogP contribution in [0.4, 0.5) is 0 Å². The van der Waals surface area contributed by atoms with Crippen molar-refractivity contribution >= 4 is 10.0 Å². The van der Waals surface area contributed by atoms with Gasteiger partial charge in [0, 0.05) is 11.6 Å². The number of rotatable bonds is 18. The third kappa shape index (κ3) is 11.5. The number of hydrogen-bond acceptors (Lipinski definition) is 2. The second-order valence-electron chi connectivity index (χ2n) is 8.94. The van der Waals surface area contributed by atoms with E-state index in [-0.39, 0.29) is 11.8 Å². The van der Waals surface area contributed by atoms with E-state index in [4.69, 9.17) is 0 Å². The zero-order valence-electron chi connectivity index (χ0n) is 20.0. The highest BCUT2D eigenvalue weighted by molar-refractivity contribution is 7.89. The van der Waals surface area contributed by atoms with Gasteiger partial charge < -0.3 is 4.48 Å². The second kappa shape index (κ2) is 15.0. The van der Waals surface area contributed by atoms with Crippen LogP contribution in [0.15, 0.2) is 30.3 Å². The average molecular weight is 440 g/mol. The molecule has 0 heterocycles. The summed E-state index contributed by atoms with van der Waals surface area (Å²) in [5.41, 5.74) is 1.38. The molecule has 174 valence electrons. The molecule has 30 heavy (non-hydrogen) atoms. The van der Waals surface area contributed by atoms with Gasteiger partial charge in [-0.2, -0.15) is 0 Å². The molecule has 1 atom stereocenters. The fraction of sp³-hybridized carbons (Fsp3) is 0.760. The molecule has 0 spiro atoms. The van der Waals surface area contributed by atoms with Crippen molar-refractivity contribution in [3.63, 3.8) is 0 Å². The molecule has 0 saturated heterocycles. The maximum Gasteiger partial charge on any atom is 0.211 e. The molecule has 0 aliphatic rings. The van der Waals surface area contributed by atoms with E-state index in [0.29, 0.717) is 0 Å². The monoisotopic (exact) mass is 439 g/mol. The summed E-state index contributed by atoms with van der Waals surface area (Å²) < 4.78 is 28.7. The SMILES string of the molecule is CCCCCCCCCS(=O)(=O)NC(C)CCC[N+](CC)(CC)Cc1ccccc1. The van der Waals surface area contributed by atoms with E-state index in [1.165, 1.54) is 31.2 Å². The fourth-order valence-electron chi connectivity index (χ4n) is 4.22. The van der Waals surface area contributed by atoms with Crippen molar-refractivity contribution < 1.29 is 12.9 Å². The Morgan fingerprint density at radius 2 is 1.47 bits per heavy atom. The molecule has 1 rings (SSSR count). The van der Waals surface area contributed by atoms with E-state index >= 15 is 0 Å². The molecule has 4 nitrogen and oxygen atoms in total. The van der Waals surface area contributed by atoms with E-state index in [9.17, 15) is 8.42 Å². The summed E-state index contributed by atoms with van der Waals surface area (Å²) in [6.07, 6.45) is 9.93. The van der Waals surface area contributed by atoms with Crippen LogP contribution in [-0.4, -0.2) is 44.3 Å². The van der Waals surface area contributed by atoms with Crippen molar-refractivity contribution in [2.45, 2.75) is 98.1 Å². The van der Waals surface area contributed by atoms with Crippen molar-refractivity contribution in [2.75, 3.05) is 25.4 Å². The number of benzene rings is 1. The molecule has 1 aromatic rings. The maximum absolute atomic E-state index is 12.4. The highest BCUT2D eigenvalue weighted by Gasteiger charge is 2.24. The van der Waals surface area contributed by atoms with Gasteiger partial charge in [-0.05, 0) is 40.0 Å². The third-order valence-corrected chi connectivity index (χ3v) is 7.96.